The van der Waals surface area contributed by atoms with E-state index in [0.717, 1.165) is 34.3 Å². The average molecular weight is 357 g/mol. The minimum Gasteiger partial charge on any atom is -0.332 e. The second kappa shape index (κ2) is 6.09. The zero-order chi connectivity index (χ0) is 18.4. The molecule has 27 heavy (non-hydrogen) atoms. The van der Waals surface area contributed by atoms with Crippen molar-refractivity contribution in [3.05, 3.63) is 71.5 Å². The molecule has 1 amide bonds. The van der Waals surface area contributed by atoms with Gasteiger partial charge in [-0.05, 0) is 18.6 Å². The quantitative estimate of drug-likeness (QED) is 0.599. The smallest absolute Gasteiger partial charge is 0.254 e. The lowest BCUT2D eigenvalue weighted by Crippen LogP contribution is -2.36. The molecule has 6 heteroatoms. The lowest BCUT2D eigenvalue weighted by atomic mass is 9.99. The number of aromatic amines is 1. The number of aromatic nitrogens is 4. The fourth-order valence-electron chi connectivity index (χ4n) is 3.98. The molecular formula is C21H19N5O. The van der Waals surface area contributed by atoms with E-state index in [1.54, 1.807) is 6.20 Å². The molecule has 0 saturated carbocycles. The van der Waals surface area contributed by atoms with Crippen molar-refractivity contribution in [1.29, 1.82) is 0 Å². The summed E-state index contributed by atoms with van der Waals surface area (Å²) in [6.07, 6.45) is 2.52. The zero-order valence-electron chi connectivity index (χ0n) is 15.0. The molecule has 5 rings (SSSR count). The van der Waals surface area contributed by atoms with Crippen molar-refractivity contribution in [1.82, 2.24) is 24.9 Å². The van der Waals surface area contributed by atoms with E-state index in [1.165, 1.54) is 5.56 Å². The van der Waals surface area contributed by atoms with E-state index in [4.69, 9.17) is 5.10 Å². The van der Waals surface area contributed by atoms with E-state index >= 15 is 0 Å². The van der Waals surface area contributed by atoms with E-state index in [1.807, 2.05) is 53.0 Å². The number of hydrogen-bond donors (Lipinski definition) is 1. The molecule has 0 fully saturated rings. The fraction of sp³-hybridized carbons (Fsp3) is 0.190. The highest BCUT2D eigenvalue weighted by Crippen LogP contribution is 2.30. The molecule has 3 heterocycles. The van der Waals surface area contributed by atoms with Gasteiger partial charge < -0.3 is 4.90 Å². The summed E-state index contributed by atoms with van der Waals surface area (Å²) in [5, 5.41) is 12.6. The Hall–Kier alpha value is -3.41. The summed E-state index contributed by atoms with van der Waals surface area (Å²) in [5.41, 5.74) is 6.10. The molecule has 0 aliphatic carbocycles. The van der Waals surface area contributed by atoms with Gasteiger partial charge in [0.15, 0.2) is 0 Å². The van der Waals surface area contributed by atoms with Gasteiger partial charge in [-0.3, -0.25) is 14.6 Å². The van der Waals surface area contributed by atoms with Crippen LogP contribution in [0.15, 0.2) is 54.7 Å². The second-order valence-electron chi connectivity index (χ2n) is 6.88. The number of carbonyl (C=O) groups is 1. The highest BCUT2D eigenvalue weighted by Gasteiger charge is 2.28. The van der Waals surface area contributed by atoms with Crippen molar-refractivity contribution in [3.63, 3.8) is 0 Å². The van der Waals surface area contributed by atoms with Crippen LogP contribution in [0.25, 0.3) is 22.2 Å². The van der Waals surface area contributed by atoms with Gasteiger partial charge in [-0.15, -0.1) is 0 Å². The first kappa shape index (κ1) is 15.8. The summed E-state index contributed by atoms with van der Waals surface area (Å²) in [7, 11) is 1.97. The Kier molecular flexibility index (Phi) is 3.57. The Labute approximate surface area is 156 Å². The van der Waals surface area contributed by atoms with Crippen molar-refractivity contribution < 1.29 is 4.79 Å². The Morgan fingerprint density at radius 3 is 2.81 bits per heavy atom. The number of rotatable bonds is 2. The number of H-pyrrole nitrogens is 1. The van der Waals surface area contributed by atoms with E-state index in [0.29, 0.717) is 18.7 Å². The van der Waals surface area contributed by atoms with Crippen LogP contribution in [-0.4, -0.2) is 37.3 Å². The second-order valence-corrected chi connectivity index (χ2v) is 6.88. The van der Waals surface area contributed by atoms with Crippen LogP contribution in [0.4, 0.5) is 0 Å². The minimum absolute atomic E-state index is 0.0274. The summed E-state index contributed by atoms with van der Waals surface area (Å²) < 4.78 is 1.94. The van der Waals surface area contributed by atoms with Gasteiger partial charge in [-0.25, -0.2) is 0 Å². The summed E-state index contributed by atoms with van der Waals surface area (Å²) in [4.78, 5) is 15.0. The number of amides is 1. The Balaban J connectivity index is 1.49. The van der Waals surface area contributed by atoms with Crippen LogP contribution in [-0.2, 0) is 20.0 Å². The number of hydrogen-bond acceptors (Lipinski definition) is 3. The van der Waals surface area contributed by atoms with Crippen LogP contribution < -0.4 is 0 Å². The molecule has 6 nitrogen and oxygen atoms in total. The number of benzene rings is 2. The topological polar surface area (TPSA) is 66.8 Å². The molecule has 2 aromatic heterocycles. The first-order valence-electron chi connectivity index (χ1n) is 9.04. The first-order chi connectivity index (χ1) is 13.2. The van der Waals surface area contributed by atoms with E-state index in [2.05, 4.69) is 22.3 Å². The predicted molar refractivity (Wildman–Crippen MR) is 103 cm³/mol. The van der Waals surface area contributed by atoms with Crippen LogP contribution in [0.5, 0.6) is 0 Å². The van der Waals surface area contributed by atoms with Gasteiger partial charge in [0, 0.05) is 30.1 Å². The Bertz CT molecular complexity index is 1140. The highest BCUT2D eigenvalue weighted by atomic mass is 16.2. The summed E-state index contributed by atoms with van der Waals surface area (Å²) in [6.45, 7) is 1.22. The standard InChI is InChI=1S/C21H19N5O/c1-25-20(14-6-3-2-4-7-14)16-10-11-26(13-19(16)24-25)21(27)15-8-5-9-18-17(15)12-22-23-18/h2-9,12H,10-11,13H2,1H3,(H,22,23). The third kappa shape index (κ3) is 2.52. The number of aryl methyl sites for hydroxylation is 1. The Morgan fingerprint density at radius 1 is 1.11 bits per heavy atom. The molecule has 0 atom stereocenters. The third-order valence-electron chi connectivity index (χ3n) is 5.25. The SMILES string of the molecule is Cn1nc2c(c1-c1ccccc1)CCN(C(=O)c1cccc3[nH]ncc13)C2. The molecule has 1 aliphatic heterocycles. The molecule has 1 aliphatic rings. The van der Waals surface area contributed by atoms with Gasteiger partial charge >= 0.3 is 0 Å². The van der Waals surface area contributed by atoms with Crippen LogP contribution in [0, 0.1) is 0 Å². The van der Waals surface area contributed by atoms with E-state index < -0.39 is 0 Å². The van der Waals surface area contributed by atoms with Crippen molar-refractivity contribution in [2.75, 3.05) is 6.54 Å². The zero-order valence-corrected chi connectivity index (χ0v) is 15.0. The first-order valence-corrected chi connectivity index (χ1v) is 9.04. The summed E-state index contributed by atoms with van der Waals surface area (Å²) in [5.74, 6) is 0.0274. The van der Waals surface area contributed by atoms with Crippen molar-refractivity contribution in [2.45, 2.75) is 13.0 Å². The third-order valence-corrected chi connectivity index (χ3v) is 5.25. The largest absolute Gasteiger partial charge is 0.332 e. The summed E-state index contributed by atoms with van der Waals surface area (Å²) in [6, 6.07) is 16.0. The molecule has 0 spiro atoms. The maximum Gasteiger partial charge on any atom is 0.254 e. The molecule has 1 N–H and O–H groups in total. The van der Waals surface area contributed by atoms with Gasteiger partial charge in [-0.2, -0.15) is 10.2 Å². The highest BCUT2D eigenvalue weighted by molar-refractivity contribution is 6.06. The molecule has 0 bridgehead atoms. The van der Waals surface area contributed by atoms with Gasteiger partial charge in [0.2, 0.25) is 0 Å². The monoisotopic (exact) mass is 357 g/mol. The normalized spacial score (nSPS) is 13.7. The van der Waals surface area contributed by atoms with Crippen molar-refractivity contribution >= 4 is 16.8 Å². The molecule has 0 saturated heterocycles. The van der Waals surface area contributed by atoms with Crippen LogP contribution in [0.1, 0.15) is 21.6 Å². The molecular weight excluding hydrogens is 338 g/mol. The fourth-order valence-corrected chi connectivity index (χ4v) is 3.98. The number of carbonyl (C=O) groups excluding carboxylic acids is 1. The maximum atomic E-state index is 13.1. The lowest BCUT2D eigenvalue weighted by Gasteiger charge is -2.27. The van der Waals surface area contributed by atoms with Gasteiger partial charge in [-0.1, -0.05) is 36.4 Å². The molecule has 4 aromatic rings. The van der Waals surface area contributed by atoms with Crippen molar-refractivity contribution in [2.24, 2.45) is 7.05 Å². The lowest BCUT2D eigenvalue weighted by molar-refractivity contribution is 0.0734. The maximum absolute atomic E-state index is 13.1. The number of fused-ring (bicyclic) bond motifs is 2. The predicted octanol–water partition coefficient (Wildman–Crippen LogP) is 3.16. The Morgan fingerprint density at radius 2 is 1.96 bits per heavy atom. The number of nitrogens with one attached hydrogen (secondary N) is 1. The van der Waals surface area contributed by atoms with Gasteiger partial charge in [0.25, 0.3) is 5.91 Å². The summed E-state index contributed by atoms with van der Waals surface area (Å²) >= 11 is 0. The van der Waals surface area contributed by atoms with Gasteiger partial charge in [0.05, 0.1) is 35.2 Å². The average Bonchev–Trinajstić information content (AvgIpc) is 3.30. The van der Waals surface area contributed by atoms with Crippen LogP contribution in [0.2, 0.25) is 0 Å². The molecule has 0 radical (unpaired) electrons. The van der Waals surface area contributed by atoms with Crippen molar-refractivity contribution in [3.8, 4) is 11.3 Å². The van der Waals surface area contributed by atoms with Gasteiger partial charge in [0.1, 0.15) is 0 Å². The van der Waals surface area contributed by atoms with Crippen LogP contribution in [0.3, 0.4) is 0 Å². The number of nitrogens with zero attached hydrogens (tertiary/aromatic N) is 4. The molecule has 2 aromatic carbocycles. The van der Waals surface area contributed by atoms with Crippen LogP contribution >= 0.6 is 0 Å². The van der Waals surface area contributed by atoms with E-state index in [9.17, 15) is 4.79 Å². The molecule has 0 unspecified atom stereocenters. The minimum atomic E-state index is 0.0274. The van der Waals surface area contributed by atoms with E-state index in [-0.39, 0.29) is 5.91 Å². The molecule has 134 valence electrons.